The van der Waals surface area contributed by atoms with Crippen LogP contribution in [0.15, 0.2) is 12.1 Å². The van der Waals surface area contributed by atoms with E-state index in [1.54, 1.807) is 13.0 Å². The van der Waals surface area contributed by atoms with Gasteiger partial charge in [0.1, 0.15) is 11.5 Å². The monoisotopic (exact) mass is 264 g/mol. The molecule has 1 aliphatic rings. The number of hydrogen-bond acceptors (Lipinski definition) is 5. The Morgan fingerprint density at radius 3 is 3.00 bits per heavy atom. The number of hydrogen-bond donors (Lipinski definition) is 1. The number of nitro groups is 1. The third kappa shape index (κ3) is 3.20. The van der Waals surface area contributed by atoms with E-state index in [4.69, 9.17) is 0 Å². The summed E-state index contributed by atoms with van der Waals surface area (Å²) in [6.07, 6.45) is 2.44. The molecule has 6 heteroatoms. The number of pyridine rings is 1. The highest BCUT2D eigenvalue weighted by Crippen LogP contribution is 2.20. The maximum Gasteiger partial charge on any atom is 0.290 e. The van der Waals surface area contributed by atoms with Gasteiger partial charge in [-0.05, 0) is 38.9 Å². The van der Waals surface area contributed by atoms with E-state index in [-0.39, 0.29) is 5.69 Å². The third-order valence-corrected chi connectivity index (χ3v) is 3.68. The van der Waals surface area contributed by atoms with Crippen molar-refractivity contribution in [2.45, 2.75) is 32.7 Å². The second-order valence-electron chi connectivity index (χ2n) is 4.86. The average molecular weight is 264 g/mol. The summed E-state index contributed by atoms with van der Waals surface area (Å²) in [4.78, 5) is 17.0. The number of nitrogens with zero attached hydrogens (tertiary/aromatic N) is 3. The van der Waals surface area contributed by atoms with E-state index in [0.29, 0.717) is 17.6 Å². The van der Waals surface area contributed by atoms with Crippen LogP contribution in [0.5, 0.6) is 0 Å². The Morgan fingerprint density at radius 2 is 2.37 bits per heavy atom. The number of aromatic nitrogens is 1. The summed E-state index contributed by atoms with van der Waals surface area (Å²) < 4.78 is 0. The minimum absolute atomic E-state index is 0.0709. The molecule has 0 bridgehead atoms. The van der Waals surface area contributed by atoms with E-state index in [1.165, 1.54) is 18.9 Å². The fourth-order valence-electron chi connectivity index (χ4n) is 2.61. The molecule has 1 aromatic rings. The number of nitrogens with one attached hydrogen (secondary N) is 1. The van der Waals surface area contributed by atoms with Gasteiger partial charge in [-0.3, -0.25) is 15.0 Å². The van der Waals surface area contributed by atoms with Crippen molar-refractivity contribution in [2.24, 2.45) is 0 Å². The lowest BCUT2D eigenvalue weighted by atomic mass is 10.2. The fraction of sp³-hybridized carbons (Fsp3) is 0.615. The molecular weight excluding hydrogens is 244 g/mol. The van der Waals surface area contributed by atoms with Crippen molar-refractivity contribution in [3.05, 3.63) is 27.9 Å². The molecule has 1 aromatic heterocycles. The van der Waals surface area contributed by atoms with Gasteiger partial charge in [0.25, 0.3) is 5.69 Å². The van der Waals surface area contributed by atoms with Gasteiger partial charge < -0.3 is 5.32 Å². The van der Waals surface area contributed by atoms with Crippen molar-refractivity contribution in [1.82, 2.24) is 9.88 Å². The van der Waals surface area contributed by atoms with Crippen LogP contribution in [0.25, 0.3) is 0 Å². The summed E-state index contributed by atoms with van der Waals surface area (Å²) in [6.45, 7) is 6.91. The third-order valence-electron chi connectivity index (χ3n) is 3.68. The first-order valence-corrected chi connectivity index (χ1v) is 6.71. The lowest BCUT2D eigenvalue weighted by Crippen LogP contribution is -2.34. The van der Waals surface area contributed by atoms with E-state index in [0.717, 1.165) is 19.6 Å². The number of aryl methyl sites for hydroxylation is 1. The van der Waals surface area contributed by atoms with Crippen LogP contribution in [-0.4, -0.2) is 40.5 Å². The van der Waals surface area contributed by atoms with Gasteiger partial charge in [0.15, 0.2) is 0 Å². The van der Waals surface area contributed by atoms with Crippen LogP contribution in [0, 0.1) is 17.0 Å². The molecule has 1 fully saturated rings. The molecule has 1 atom stereocenters. The summed E-state index contributed by atoms with van der Waals surface area (Å²) in [7, 11) is 0. The van der Waals surface area contributed by atoms with Crippen LogP contribution in [0.3, 0.4) is 0 Å². The van der Waals surface area contributed by atoms with Gasteiger partial charge in [-0.1, -0.05) is 6.92 Å². The Bertz CT molecular complexity index is 464. The molecule has 0 radical (unpaired) electrons. The molecule has 0 spiro atoms. The summed E-state index contributed by atoms with van der Waals surface area (Å²) >= 11 is 0. The highest BCUT2D eigenvalue weighted by Gasteiger charge is 2.22. The molecular formula is C13H20N4O2. The Morgan fingerprint density at radius 1 is 1.58 bits per heavy atom. The van der Waals surface area contributed by atoms with Crippen LogP contribution < -0.4 is 5.32 Å². The molecule has 19 heavy (non-hydrogen) atoms. The lowest BCUT2D eigenvalue weighted by Gasteiger charge is -2.23. The van der Waals surface area contributed by atoms with Gasteiger partial charge in [0.05, 0.1) is 4.92 Å². The first-order valence-electron chi connectivity index (χ1n) is 6.71. The highest BCUT2D eigenvalue weighted by atomic mass is 16.6. The van der Waals surface area contributed by atoms with E-state index >= 15 is 0 Å². The molecule has 1 aliphatic heterocycles. The predicted molar refractivity (Wildman–Crippen MR) is 74.4 cm³/mol. The van der Waals surface area contributed by atoms with E-state index < -0.39 is 4.92 Å². The van der Waals surface area contributed by atoms with Crippen LogP contribution in [-0.2, 0) is 0 Å². The molecule has 6 nitrogen and oxygen atoms in total. The zero-order valence-electron chi connectivity index (χ0n) is 11.4. The van der Waals surface area contributed by atoms with Gasteiger partial charge in [-0.25, -0.2) is 4.98 Å². The molecule has 2 rings (SSSR count). The van der Waals surface area contributed by atoms with Crippen LogP contribution in [0.2, 0.25) is 0 Å². The molecule has 2 heterocycles. The first-order chi connectivity index (χ1) is 9.11. The number of likely N-dealkylation sites (tertiary alicyclic amines) is 1. The Hall–Kier alpha value is -1.69. The zero-order chi connectivity index (χ0) is 13.8. The predicted octanol–water partition coefficient (Wildman–Crippen LogP) is 2.19. The van der Waals surface area contributed by atoms with Crippen LogP contribution in [0.4, 0.5) is 11.5 Å². The van der Waals surface area contributed by atoms with E-state index in [9.17, 15) is 10.1 Å². The molecule has 0 saturated carbocycles. The minimum atomic E-state index is -0.401. The quantitative estimate of drug-likeness (QED) is 0.652. The van der Waals surface area contributed by atoms with Gasteiger partial charge >= 0.3 is 0 Å². The second kappa shape index (κ2) is 5.97. The van der Waals surface area contributed by atoms with Crippen molar-refractivity contribution in [1.29, 1.82) is 0 Å². The number of likely N-dealkylation sites (N-methyl/N-ethyl adjacent to an activating group) is 1. The molecule has 0 aliphatic carbocycles. The topological polar surface area (TPSA) is 71.3 Å². The lowest BCUT2D eigenvalue weighted by molar-refractivity contribution is -0.385. The smallest absolute Gasteiger partial charge is 0.290 e. The Labute approximate surface area is 113 Å². The van der Waals surface area contributed by atoms with Gasteiger partial charge in [0, 0.05) is 18.7 Å². The second-order valence-corrected chi connectivity index (χ2v) is 4.86. The minimum Gasteiger partial charge on any atom is -0.368 e. The highest BCUT2D eigenvalue weighted by molar-refractivity contribution is 5.44. The molecule has 1 unspecified atom stereocenters. The van der Waals surface area contributed by atoms with Crippen LogP contribution in [0.1, 0.15) is 25.5 Å². The normalized spacial score (nSPS) is 19.6. The average Bonchev–Trinajstić information content (AvgIpc) is 2.83. The molecule has 104 valence electrons. The molecule has 1 N–H and O–H groups in total. The largest absolute Gasteiger partial charge is 0.368 e. The molecule has 0 amide bonds. The van der Waals surface area contributed by atoms with Gasteiger partial charge in [-0.15, -0.1) is 0 Å². The van der Waals surface area contributed by atoms with Crippen molar-refractivity contribution >= 4 is 11.5 Å². The first kappa shape index (κ1) is 13.7. The zero-order valence-corrected chi connectivity index (χ0v) is 11.4. The van der Waals surface area contributed by atoms with Gasteiger partial charge in [0.2, 0.25) is 0 Å². The van der Waals surface area contributed by atoms with Gasteiger partial charge in [-0.2, -0.15) is 0 Å². The Kier molecular flexibility index (Phi) is 4.31. The number of rotatable bonds is 5. The van der Waals surface area contributed by atoms with Crippen molar-refractivity contribution in [3.63, 3.8) is 0 Å². The van der Waals surface area contributed by atoms with Crippen LogP contribution >= 0.6 is 0 Å². The maximum atomic E-state index is 10.7. The summed E-state index contributed by atoms with van der Waals surface area (Å²) in [5.41, 5.74) is 0.523. The fourth-order valence-corrected chi connectivity index (χ4v) is 2.61. The summed E-state index contributed by atoms with van der Waals surface area (Å²) in [5, 5.41) is 14.0. The molecule has 0 aromatic carbocycles. The van der Waals surface area contributed by atoms with E-state index in [2.05, 4.69) is 22.1 Å². The summed E-state index contributed by atoms with van der Waals surface area (Å²) in [5.74, 6) is 0.714. The summed E-state index contributed by atoms with van der Waals surface area (Å²) in [6, 6.07) is 3.73. The molecule has 1 saturated heterocycles. The van der Waals surface area contributed by atoms with E-state index in [1.807, 2.05) is 0 Å². The van der Waals surface area contributed by atoms with Crippen molar-refractivity contribution < 1.29 is 4.92 Å². The van der Waals surface area contributed by atoms with Crippen molar-refractivity contribution in [2.75, 3.05) is 25.0 Å². The SMILES string of the molecule is CCN1CCCC1CNc1ccc([N+](=O)[O-])c(C)n1. The maximum absolute atomic E-state index is 10.7. The Balaban J connectivity index is 1.96. The standard InChI is InChI=1S/C13H20N4O2/c1-3-16-8-4-5-11(16)9-14-13-7-6-12(17(18)19)10(2)15-13/h6-7,11H,3-5,8-9H2,1-2H3,(H,14,15). The number of anilines is 1. The van der Waals surface area contributed by atoms with Crippen molar-refractivity contribution in [3.8, 4) is 0 Å².